The van der Waals surface area contributed by atoms with Crippen molar-refractivity contribution in [3.63, 3.8) is 0 Å². The maximum absolute atomic E-state index is 11.8. The smallest absolute Gasteiger partial charge is 0.224 e. The molecule has 18 heavy (non-hydrogen) atoms. The monoisotopic (exact) mass is 264 g/mol. The first-order valence-electron chi connectivity index (χ1n) is 7.54. The summed E-state index contributed by atoms with van der Waals surface area (Å²) >= 11 is 6.11. The molecule has 3 heteroatoms. The standard InChI is InChI=1S/C15H16ClNO/c1-8-5-9(16)6-13-10-3-2-4-11(15(17)18)14(10)7-12(8)13/h5-6,11H,2-4,7H2,1H3,(H2,17,18)/i4D2,6D. The molecule has 94 valence electrons. The van der Waals surface area contributed by atoms with Crippen LogP contribution in [-0.4, -0.2) is 5.91 Å². The lowest BCUT2D eigenvalue weighted by Gasteiger charge is -2.22. The Morgan fingerprint density at radius 2 is 2.44 bits per heavy atom. The average Bonchev–Trinajstić information content (AvgIpc) is 2.73. The Balaban J connectivity index is 2.22. The summed E-state index contributed by atoms with van der Waals surface area (Å²) in [5.74, 6) is -1.54. The van der Waals surface area contributed by atoms with E-state index < -0.39 is 18.2 Å². The van der Waals surface area contributed by atoms with Gasteiger partial charge in [-0.05, 0) is 72.5 Å². The second-order valence-electron chi connectivity index (χ2n) is 4.87. The maximum atomic E-state index is 11.8. The summed E-state index contributed by atoms with van der Waals surface area (Å²) < 4.78 is 24.4. The first kappa shape index (κ1) is 8.76. The van der Waals surface area contributed by atoms with Gasteiger partial charge < -0.3 is 5.73 Å². The summed E-state index contributed by atoms with van der Waals surface area (Å²) in [7, 11) is 0. The lowest BCUT2D eigenvalue weighted by molar-refractivity contribution is -0.121. The van der Waals surface area contributed by atoms with E-state index in [4.69, 9.17) is 21.4 Å². The molecule has 0 aromatic heterocycles. The third kappa shape index (κ3) is 1.67. The van der Waals surface area contributed by atoms with Gasteiger partial charge in [0.15, 0.2) is 0 Å². The number of amides is 1. The second-order valence-corrected chi connectivity index (χ2v) is 5.28. The molecule has 1 atom stereocenters. The molecule has 0 fully saturated rings. The summed E-state index contributed by atoms with van der Waals surface area (Å²) in [6.45, 7) is 1.93. The predicted molar refractivity (Wildman–Crippen MR) is 73.3 cm³/mol. The molecule has 1 unspecified atom stereocenters. The summed E-state index contributed by atoms with van der Waals surface area (Å²) in [4.78, 5) is 11.8. The van der Waals surface area contributed by atoms with Gasteiger partial charge in [0.25, 0.3) is 0 Å². The van der Waals surface area contributed by atoms with Crippen molar-refractivity contribution >= 4 is 23.1 Å². The molecule has 0 radical (unpaired) electrons. The molecule has 0 spiro atoms. The van der Waals surface area contributed by atoms with E-state index in [0.717, 1.165) is 27.8 Å². The van der Waals surface area contributed by atoms with Crippen LogP contribution in [0.5, 0.6) is 0 Å². The van der Waals surface area contributed by atoms with Gasteiger partial charge in [0, 0.05) is 7.76 Å². The Morgan fingerprint density at radius 1 is 1.67 bits per heavy atom. The topological polar surface area (TPSA) is 43.1 Å². The van der Waals surface area contributed by atoms with Crippen molar-refractivity contribution in [3.05, 3.63) is 39.4 Å². The normalized spacial score (nSPS) is 27.0. The molecule has 2 aliphatic carbocycles. The Hall–Kier alpha value is -1.28. The minimum absolute atomic E-state index is 0.240. The third-order valence-electron chi connectivity index (χ3n) is 3.78. The molecule has 2 aliphatic rings. The quantitative estimate of drug-likeness (QED) is 0.831. The zero-order valence-corrected chi connectivity index (χ0v) is 10.9. The van der Waals surface area contributed by atoms with Gasteiger partial charge in [0.05, 0.1) is 7.29 Å². The number of primary amides is 1. The number of hydrogen-bond acceptors (Lipinski definition) is 1. The van der Waals surface area contributed by atoms with Crippen LogP contribution in [0.15, 0.2) is 17.7 Å². The predicted octanol–water partition coefficient (Wildman–Crippen LogP) is 3.24. The lowest BCUT2D eigenvalue weighted by atomic mass is 9.82. The first-order chi connectivity index (χ1) is 9.74. The number of carbonyl (C=O) groups excluding carboxylic acids is 1. The van der Waals surface area contributed by atoms with E-state index in [1.807, 2.05) is 6.92 Å². The third-order valence-corrected chi connectivity index (χ3v) is 3.98. The van der Waals surface area contributed by atoms with Gasteiger partial charge in [-0.1, -0.05) is 11.6 Å². The van der Waals surface area contributed by atoms with Gasteiger partial charge in [-0.2, -0.15) is 0 Å². The van der Waals surface area contributed by atoms with E-state index in [0.29, 0.717) is 17.9 Å². The fourth-order valence-electron chi connectivity index (χ4n) is 2.95. The van der Waals surface area contributed by atoms with Crippen molar-refractivity contribution in [3.8, 4) is 0 Å². The van der Waals surface area contributed by atoms with Gasteiger partial charge in [-0.3, -0.25) is 4.79 Å². The average molecular weight is 265 g/mol. The molecule has 1 aromatic carbocycles. The molecule has 0 bridgehead atoms. The Morgan fingerprint density at radius 3 is 3.17 bits per heavy atom. The Kier molecular flexibility index (Phi) is 2.01. The number of carbonyl (C=O) groups is 1. The van der Waals surface area contributed by atoms with Crippen LogP contribution >= 0.6 is 11.6 Å². The highest BCUT2D eigenvalue weighted by Gasteiger charge is 2.33. The number of fused-ring (bicyclic) bond motifs is 2. The zero-order valence-electron chi connectivity index (χ0n) is 13.1. The van der Waals surface area contributed by atoms with E-state index >= 15 is 0 Å². The molecule has 0 heterocycles. The van der Waals surface area contributed by atoms with Crippen molar-refractivity contribution < 1.29 is 8.91 Å². The molecular formula is C15H16ClNO. The van der Waals surface area contributed by atoms with Crippen LogP contribution in [-0.2, 0) is 11.2 Å². The van der Waals surface area contributed by atoms with Crippen molar-refractivity contribution in [2.45, 2.75) is 32.6 Å². The molecule has 0 saturated heterocycles. The maximum Gasteiger partial charge on any atom is 0.224 e. The Bertz CT molecular complexity index is 697. The summed E-state index contributed by atoms with van der Waals surface area (Å²) in [6.07, 6.45) is -0.367. The second kappa shape index (κ2) is 4.13. The SMILES string of the molecule is [2H]c1c(Cl)cc(C)c2c1C1=C(C2)C(C(N)=O)C([2H])([2H])CC1. The number of nitrogens with two attached hydrogens (primary N) is 1. The van der Waals surface area contributed by atoms with Crippen LogP contribution in [0.1, 0.15) is 40.0 Å². The molecule has 3 rings (SSSR count). The van der Waals surface area contributed by atoms with Crippen molar-refractivity contribution in [2.24, 2.45) is 11.7 Å². The Labute approximate surface area is 116 Å². The van der Waals surface area contributed by atoms with Gasteiger partial charge in [-0.25, -0.2) is 0 Å². The molecule has 1 amide bonds. The number of aryl methyl sites for hydroxylation is 1. The van der Waals surface area contributed by atoms with E-state index in [1.165, 1.54) is 0 Å². The summed E-state index contributed by atoms with van der Waals surface area (Å²) in [5.41, 5.74) is 9.85. The first-order valence-corrected chi connectivity index (χ1v) is 6.42. The number of benzene rings is 1. The van der Waals surface area contributed by atoms with Crippen LogP contribution in [0, 0.1) is 12.8 Å². The molecule has 2 N–H and O–H groups in total. The highest BCUT2D eigenvalue weighted by Crippen LogP contribution is 2.45. The van der Waals surface area contributed by atoms with E-state index in [2.05, 4.69) is 0 Å². The van der Waals surface area contributed by atoms with Crippen LogP contribution < -0.4 is 5.73 Å². The number of allylic oxidation sites excluding steroid dienone is 1. The van der Waals surface area contributed by atoms with Crippen molar-refractivity contribution in [2.75, 3.05) is 0 Å². The molecular weight excluding hydrogens is 246 g/mol. The van der Waals surface area contributed by atoms with E-state index in [1.54, 1.807) is 6.07 Å². The fourth-order valence-corrected chi connectivity index (χ4v) is 3.21. The number of rotatable bonds is 1. The fraction of sp³-hybridized carbons (Fsp3) is 0.400. The lowest BCUT2D eigenvalue weighted by Crippen LogP contribution is -2.27. The molecule has 2 nitrogen and oxygen atoms in total. The molecule has 0 saturated carbocycles. The number of hydrogen-bond donors (Lipinski definition) is 1. The van der Waals surface area contributed by atoms with Gasteiger partial charge in [-0.15, -0.1) is 0 Å². The van der Waals surface area contributed by atoms with E-state index in [-0.39, 0.29) is 12.5 Å². The summed E-state index contributed by atoms with van der Waals surface area (Å²) in [5, 5.41) is 0.393. The van der Waals surface area contributed by atoms with Crippen LogP contribution in [0.2, 0.25) is 5.02 Å². The minimum Gasteiger partial charge on any atom is -0.369 e. The van der Waals surface area contributed by atoms with Crippen LogP contribution in [0.25, 0.3) is 5.57 Å². The van der Waals surface area contributed by atoms with Crippen LogP contribution in [0.4, 0.5) is 0 Å². The zero-order chi connectivity index (χ0) is 15.5. The molecule has 0 aliphatic heterocycles. The largest absolute Gasteiger partial charge is 0.369 e. The highest BCUT2D eigenvalue weighted by molar-refractivity contribution is 6.30. The van der Waals surface area contributed by atoms with Gasteiger partial charge >= 0.3 is 0 Å². The van der Waals surface area contributed by atoms with E-state index in [9.17, 15) is 4.79 Å². The number of halogens is 1. The van der Waals surface area contributed by atoms with Crippen molar-refractivity contribution in [1.82, 2.24) is 0 Å². The minimum atomic E-state index is -1.62. The van der Waals surface area contributed by atoms with Crippen molar-refractivity contribution in [1.29, 1.82) is 0 Å². The summed E-state index contributed by atoms with van der Waals surface area (Å²) in [6, 6.07) is 2.03. The molecule has 1 aromatic rings. The highest BCUT2D eigenvalue weighted by atomic mass is 35.5. The van der Waals surface area contributed by atoms with Crippen LogP contribution in [0.3, 0.4) is 0 Å². The van der Waals surface area contributed by atoms with Gasteiger partial charge in [0.2, 0.25) is 5.91 Å². The van der Waals surface area contributed by atoms with Gasteiger partial charge in [0.1, 0.15) is 0 Å².